The highest BCUT2D eigenvalue weighted by molar-refractivity contribution is 14.1. The second kappa shape index (κ2) is 6.22. The number of anilines is 1. The molecule has 6 nitrogen and oxygen atoms in total. The molecular formula is C15H11IN2O4. The number of imide groups is 1. The molecule has 22 heavy (non-hydrogen) atoms. The number of rotatable bonds is 2. The zero-order chi connectivity index (χ0) is 15.5. The Kier molecular flexibility index (Phi) is 4.14. The summed E-state index contributed by atoms with van der Waals surface area (Å²) in [6.45, 7) is 0.133. The summed E-state index contributed by atoms with van der Waals surface area (Å²) in [4.78, 5) is 23.8. The molecule has 2 aromatic carbocycles. The van der Waals surface area contributed by atoms with Crippen molar-refractivity contribution >= 4 is 40.2 Å². The van der Waals surface area contributed by atoms with Crippen molar-refractivity contribution in [2.75, 3.05) is 12.1 Å². The SMILES string of the molecule is O=C(NC(=O)c1ccc2c(c1)OCO2)Nc1ccc(I)cc1. The number of ether oxygens (including phenoxy) is 2. The fourth-order valence-electron chi connectivity index (χ4n) is 1.91. The number of amides is 3. The number of carbonyl (C=O) groups excluding carboxylic acids is 2. The highest BCUT2D eigenvalue weighted by Gasteiger charge is 2.17. The fourth-order valence-corrected chi connectivity index (χ4v) is 2.27. The van der Waals surface area contributed by atoms with Crippen LogP contribution in [0.15, 0.2) is 42.5 Å². The number of carbonyl (C=O) groups is 2. The molecule has 0 saturated heterocycles. The lowest BCUT2D eigenvalue weighted by Crippen LogP contribution is -2.34. The predicted octanol–water partition coefficient (Wildman–Crippen LogP) is 2.98. The first kappa shape index (κ1) is 14.6. The lowest BCUT2D eigenvalue weighted by molar-refractivity contribution is 0.0966. The summed E-state index contributed by atoms with van der Waals surface area (Å²) < 4.78 is 11.4. The minimum absolute atomic E-state index is 0.133. The molecule has 0 aromatic heterocycles. The zero-order valence-corrected chi connectivity index (χ0v) is 13.4. The number of nitrogens with one attached hydrogen (secondary N) is 2. The Bertz CT molecular complexity index is 731. The maximum Gasteiger partial charge on any atom is 0.326 e. The van der Waals surface area contributed by atoms with E-state index in [0.29, 0.717) is 22.7 Å². The van der Waals surface area contributed by atoms with Gasteiger partial charge in [0.25, 0.3) is 5.91 Å². The van der Waals surface area contributed by atoms with Gasteiger partial charge in [-0.25, -0.2) is 4.79 Å². The van der Waals surface area contributed by atoms with Crippen molar-refractivity contribution in [2.45, 2.75) is 0 Å². The highest BCUT2D eigenvalue weighted by Crippen LogP contribution is 2.32. The van der Waals surface area contributed by atoms with Gasteiger partial charge in [-0.2, -0.15) is 0 Å². The van der Waals surface area contributed by atoms with Crippen LogP contribution >= 0.6 is 22.6 Å². The van der Waals surface area contributed by atoms with E-state index in [1.54, 1.807) is 24.3 Å². The van der Waals surface area contributed by atoms with Gasteiger partial charge in [0.15, 0.2) is 11.5 Å². The standard InChI is InChI=1S/C15H11IN2O4/c16-10-2-4-11(5-3-10)17-15(20)18-14(19)9-1-6-12-13(7-9)22-8-21-12/h1-7H,8H2,(H2,17,18,19,20). The molecule has 3 amide bonds. The molecule has 0 spiro atoms. The van der Waals surface area contributed by atoms with Crippen LogP contribution in [-0.4, -0.2) is 18.7 Å². The number of halogens is 1. The van der Waals surface area contributed by atoms with Crippen LogP contribution in [0.25, 0.3) is 0 Å². The van der Waals surface area contributed by atoms with Crippen LogP contribution in [0.1, 0.15) is 10.4 Å². The zero-order valence-electron chi connectivity index (χ0n) is 11.3. The smallest absolute Gasteiger partial charge is 0.326 e. The van der Waals surface area contributed by atoms with E-state index in [4.69, 9.17) is 9.47 Å². The molecule has 1 aliphatic rings. The number of hydrogen-bond acceptors (Lipinski definition) is 4. The van der Waals surface area contributed by atoms with E-state index < -0.39 is 11.9 Å². The minimum atomic E-state index is -0.594. The van der Waals surface area contributed by atoms with Gasteiger partial charge in [-0.15, -0.1) is 0 Å². The highest BCUT2D eigenvalue weighted by atomic mass is 127. The molecule has 0 atom stereocenters. The van der Waals surface area contributed by atoms with Crippen molar-refractivity contribution in [3.63, 3.8) is 0 Å². The van der Waals surface area contributed by atoms with Gasteiger partial charge in [0, 0.05) is 14.8 Å². The average Bonchev–Trinajstić information content (AvgIpc) is 2.97. The van der Waals surface area contributed by atoms with Crippen molar-refractivity contribution < 1.29 is 19.1 Å². The Morgan fingerprint density at radius 2 is 1.73 bits per heavy atom. The first-order valence-corrected chi connectivity index (χ1v) is 7.47. The summed E-state index contributed by atoms with van der Waals surface area (Å²) in [5.74, 6) is 0.562. The second-order valence-corrected chi connectivity index (χ2v) is 5.73. The normalized spacial score (nSPS) is 11.9. The van der Waals surface area contributed by atoms with Crippen molar-refractivity contribution in [3.8, 4) is 11.5 Å². The van der Waals surface area contributed by atoms with Gasteiger partial charge in [-0.3, -0.25) is 10.1 Å². The van der Waals surface area contributed by atoms with Crippen LogP contribution < -0.4 is 20.1 Å². The molecule has 0 bridgehead atoms. The molecule has 0 aliphatic carbocycles. The largest absolute Gasteiger partial charge is 0.454 e. The van der Waals surface area contributed by atoms with Crippen LogP contribution in [-0.2, 0) is 0 Å². The van der Waals surface area contributed by atoms with E-state index in [0.717, 1.165) is 3.57 Å². The Morgan fingerprint density at radius 1 is 1.00 bits per heavy atom. The summed E-state index contributed by atoms with van der Waals surface area (Å²) in [7, 11) is 0. The Hall–Kier alpha value is -2.29. The first-order valence-electron chi connectivity index (χ1n) is 6.39. The number of urea groups is 1. The third kappa shape index (κ3) is 3.30. The third-order valence-corrected chi connectivity index (χ3v) is 3.68. The van der Waals surface area contributed by atoms with Crippen molar-refractivity contribution in [1.29, 1.82) is 0 Å². The van der Waals surface area contributed by atoms with E-state index in [1.165, 1.54) is 6.07 Å². The number of benzene rings is 2. The van der Waals surface area contributed by atoms with Gasteiger partial charge in [-0.1, -0.05) is 0 Å². The predicted molar refractivity (Wildman–Crippen MR) is 88.2 cm³/mol. The van der Waals surface area contributed by atoms with E-state index in [1.807, 2.05) is 12.1 Å². The first-order chi connectivity index (χ1) is 10.6. The Morgan fingerprint density at radius 3 is 2.50 bits per heavy atom. The average molecular weight is 410 g/mol. The van der Waals surface area contributed by atoms with Crippen molar-refractivity contribution in [2.24, 2.45) is 0 Å². The number of fused-ring (bicyclic) bond motifs is 1. The third-order valence-electron chi connectivity index (χ3n) is 2.96. The molecule has 2 aromatic rings. The van der Waals surface area contributed by atoms with E-state index in [2.05, 4.69) is 33.2 Å². The molecular weight excluding hydrogens is 399 g/mol. The molecule has 1 aliphatic heterocycles. The van der Waals surface area contributed by atoms with Crippen LogP contribution in [0.5, 0.6) is 11.5 Å². The van der Waals surface area contributed by atoms with E-state index in [9.17, 15) is 9.59 Å². The maximum atomic E-state index is 12.0. The van der Waals surface area contributed by atoms with Crippen LogP contribution in [0.4, 0.5) is 10.5 Å². The summed E-state index contributed by atoms with van der Waals surface area (Å²) >= 11 is 2.17. The summed E-state index contributed by atoms with van der Waals surface area (Å²) in [6, 6.07) is 11.4. The van der Waals surface area contributed by atoms with Gasteiger partial charge in [-0.05, 0) is 65.1 Å². The maximum absolute atomic E-state index is 12.0. The summed E-state index contributed by atoms with van der Waals surface area (Å²) in [6.07, 6.45) is 0. The minimum Gasteiger partial charge on any atom is -0.454 e. The van der Waals surface area contributed by atoms with E-state index >= 15 is 0 Å². The Balaban J connectivity index is 1.63. The molecule has 2 N–H and O–H groups in total. The van der Waals surface area contributed by atoms with Gasteiger partial charge in [0.05, 0.1) is 0 Å². The second-order valence-electron chi connectivity index (χ2n) is 4.48. The molecule has 7 heteroatoms. The number of hydrogen-bond donors (Lipinski definition) is 2. The molecule has 3 rings (SSSR count). The lowest BCUT2D eigenvalue weighted by atomic mass is 10.2. The van der Waals surface area contributed by atoms with Crippen molar-refractivity contribution in [1.82, 2.24) is 5.32 Å². The van der Waals surface area contributed by atoms with E-state index in [-0.39, 0.29) is 6.79 Å². The molecule has 0 unspecified atom stereocenters. The van der Waals surface area contributed by atoms with Gasteiger partial charge >= 0.3 is 6.03 Å². The van der Waals surface area contributed by atoms with Crippen LogP contribution in [0, 0.1) is 3.57 Å². The van der Waals surface area contributed by atoms with Crippen LogP contribution in [0.2, 0.25) is 0 Å². The molecule has 0 fully saturated rings. The molecule has 0 saturated carbocycles. The van der Waals surface area contributed by atoms with Gasteiger partial charge in [0.1, 0.15) is 0 Å². The molecule has 0 radical (unpaired) electrons. The Labute approximate surface area is 139 Å². The van der Waals surface area contributed by atoms with Crippen LogP contribution in [0.3, 0.4) is 0 Å². The summed E-state index contributed by atoms with van der Waals surface area (Å²) in [5, 5.41) is 4.86. The monoisotopic (exact) mass is 410 g/mol. The molecule has 1 heterocycles. The topological polar surface area (TPSA) is 76.7 Å². The summed E-state index contributed by atoms with van der Waals surface area (Å²) in [5.41, 5.74) is 0.929. The lowest BCUT2D eigenvalue weighted by Gasteiger charge is -2.07. The van der Waals surface area contributed by atoms with Crippen molar-refractivity contribution in [3.05, 3.63) is 51.6 Å². The van der Waals surface area contributed by atoms with Gasteiger partial charge < -0.3 is 14.8 Å². The quantitative estimate of drug-likeness (QED) is 0.747. The molecule has 112 valence electrons. The fraction of sp³-hybridized carbons (Fsp3) is 0.0667. The van der Waals surface area contributed by atoms with Gasteiger partial charge in [0.2, 0.25) is 6.79 Å².